The summed E-state index contributed by atoms with van der Waals surface area (Å²) in [5, 5.41) is 11.6. The third-order valence-electron chi connectivity index (χ3n) is 5.50. The van der Waals surface area contributed by atoms with Gasteiger partial charge in [-0.3, -0.25) is 14.6 Å². The van der Waals surface area contributed by atoms with Gasteiger partial charge in [0, 0.05) is 38.0 Å². The van der Waals surface area contributed by atoms with Gasteiger partial charge in [-0.1, -0.05) is 19.3 Å². The minimum absolute atomic E-state index is 0.0358. The number of carbonyl (C=O) groups excluding carboxylic acids is 1. The Hall–Kier alpha value is -2.15. The average molecular weight is 357 g/mol. The number of aromatic amines is 1. The molecule has 0 aromatic carbocycles. The summed E-state index contributed by atoms with van der Waals surface area (Å²) < 4.78 is 7.81. The van der Waals surface area contributed by atoms with Crippen LogP contribution >= 0.6 is 0 Å². The molecule has 1 saturated heterocycles. The highest BCUT2D eigenvalue weighted by Crippen LogP contribution is 2.33. The lowest BCUT2D eigenvalue weighted by molar-refractivity contribution is 0.0367. The van der Waals surface area contributed by atoms with E-state index in [4.69, 9.17) is 4.74 Å². The van der Waals surface area contributed by atoms with Gasteiger partial charge < -0.3 is 9.64 Å². The van der Waals surface area contributed by atoms with Crippen molar-refractivity contribution in [3.05, 3.63) is 35.9 Å². The molecule has 7 nitrogen and oxygen atoms in total. The lowest BCUT2D eigenvalue weighted by Crippen LogP contribution is -2.39. The number of hydrogen-bond donors (Lipinski definition) is 1. The van der Waals surface area contributed by atoms with Crippen LogP contribution in [0.25, 0.3) is 0 Å². The van der Waals surface area contributed by atoms with Gasteiger partial charge in [-0.15, -0.1) is 0 Å². The molecule has 1 unspecified atom stereocenters. The summed E-state index contributed by atoms with van der Waals surface area (Å²) in [6.07, 6.45) is 12.3. The summed E-state index contributed by atoms with van der Waals surface area (Å²) in [4.78, 5) is 15.1. The summed E-state index contributed by atoms with van der Waals surface area (Å²) in [6, 6.07) is 1.90. The van der Waals surface area contributed by atoms with Gasteiger partial charge in [0.05, 0.1) is 30.1 Å². The molecule has 2 aromatic heterocycles. The van der Waals surface area contributed by atoms with Crippen molar-refractivity contribution >= 4 is 5.91 Å². The summed E-state index contributed by atoms with van der Waals surface area (Å²) >= 11 is 0. The quantitative estimate of drug-likeness (QED) is 0.912. The minimum Gasteiger partial charge on any atom is -0.374 e. The van der Waals surface area contributed by atoms with E-state index in [-0.39, 0.29) is 12.0 Å². The van der Waals surface area contributed by atoms with Crippen molar-refractivity contribution < 1.29 is 9.53 Å². The second-order valence-corrected chi connectivity index (χ2v) is 7.36. The zero-order valence-corrected chi connectivity index (χ0v) is 15.1. The second kappa shape index (κ2) is 8.03. The first-order valence-electron chi connectivity index (χ1n) is 9.73. The molecule has 2 fully saturated rings. The smallest absolute Gasteiger partial charge is 0.257 e. The number of H-pyrrole nitrogens is 1. The van der Waals surface area contributed by atoms with Crippen molar-refractivity contribution in [2.75, 3.05) is 19.7 Å². The molecule has 1 saturated carbocycles. The van der Waals surface area contributed by atoms with Gasteiger partial charge in [0.1, 0.15) is 0 Å². The number of carbonyl (C=O) groups is 1. The molecule has 1 N–H and O–H groups in total. The summed E-state index contributed by atoms with van der Waals surface area (Å²) in [6.45, 7) is 2.66. The number of hydrogen-bond acceptors (Lipinski definition) is 4. The van der Waals surface area contributed by atoms with E-state index < -0.39 is 0 Å². The number of rotatable bonds is 4. The summed E-state index contributed by atoms with van der Waals surface area (Å²) in [5.41, 5.74) is 1.78. The molecule has 0 bridgehead atoms. The molecule has 0 radical (unpaired) electrons. The molecule has 1 aliphatic carbocycles. The highest BCUT2D eigenvalue weighted by molar-refractivity contribution is 5.95. The molecule has 7 heteroatoms. The highest BCUT2D eigenvalue weighted by atomic mass is 16.5. The SMILES string of the molecule is O=C(c1cn[nH]c1C1CCCCC1)N1CCCOC(Cn2cccn2)C1. The van der Waals surface area contributed by atoms with Crippen molar-refractivity contribution in [1.29, 1.82) is 0 Å². The largest absolute Gasteiger partial charge is 0.374 e. The maximum Gasteiger partial charge on any atom is 0.257 e. The van der Waals surface area contributed by atoms with Crippen LogP contribution in [0.3, 0.4) is 0 Å². The summed E-state index contributed by atoms with van der Waals surface area (Å²) in [7, 11) is 0. The third-order valence-corrected chi connectivity index (χ3v) is 5.50. The topological polar surface area (TPSA) is 76.0 Å². The van der Waals surface area contributed by atoms with E-state index >= 15 is 0 Å². The zero-order valence-electron chi connectivity index (χ0n) is 15.1. The molecule has 0 spiro atoms. The van der Waals surface area contributed by atoms with Crippen LogP contribution < -0.4 is 0 Å². The van der Waals surface area contributed by atoms with Crippen LogP contribution in [0.5, 0.6) is 0 Å². The van der Waals surface area contributed by atoms with Crippen molar-refractivity contribution in [1.82, 2.24) is 24.9 Å². The van der Waals surface area contributed by atoms with Crippen molar-refractivity contribution in [2.24, 2.45) is 0 Å². The Bertz CT molecular complexity index is 705. The molecule has 1 amide bonds. The van der Waals surface area contributed by atoms with E-state index in [0.717, 1.165) is 37.1 Å². The first-order chi connectivity index (χ1) is 12.8. The Balaban J connectivity index is 1.47. The fraction of sp³-hybridized carbons (Fsp3) is 0.632. The number of nitrogens with one attached hydrogen (secondary N) is 1. The second-order valence-electron chi connectivity index (χ2n) is 7.36. The normalized spacial score (nSPS) is 22.3. The summed E-state index contributed by atoms with van der Waals surface area (Å²) in [5.74, 6) is 0.517. The third kappa shape index (κ3) is 3.82. The molecule has 1 aliphatic heterocycles. The standard InChI is InChI=1S/C19H27N5O2/c25-19(17-12-20-22-18(17)15-6-2-1-3-7-15)23-9-5-11-26-16(13-23)14-24-10-4-8-21-24/h4,8,10,12,15-16H,1-3,5-7,9,11,13-14H2,(H,20,22). The molecular formula is C19H27N5O2. The van der Waals surface area contributed by atoms with Crippen LogP contribution in [-0.4, -0.2) is 56.6 Å². The van der Waals surface area contributed by atoms with E-state index in [1.807, 2.05) is 21.8 Å². The molecule has 140 valence electrons. The van der Waals surface area contributed by atoms with Crippen molar-refractivity contribution in [3.63, 3.8) is 0 Å². The predicted molar refractivity (Wildman–Crippen MR) is 96.9 cm³/mol. The molecule has 26 heavy (non-hydrogen) atoms. The maximum atomic E-state index is 13.2. The van der Waals surface area contributed by atoms with E-state index in [2.05, 4.69) is 15.3 Å². The van der Waals surface area contributed by atoms with Gasteiger partial charge >= 0.3 is 0 Å². The lowest BCUT2D eigenvalue weighted by Gasteiger charge is -2.26. The van der Waals surface area contributed by atoms with Crippen molar-refractivity contribution in [3.8, 4) is 0 Å². The Labute approximate surface area is 153 Å². The van der Waals surface area contributed by atoms with Crippen LogP contribution in [0.2, 0.25) is 0 Å². The first-order valence-corrected chi connectivity index (χ1v) is 9.73. The van der Waals surface area contributed by atoms with Gasteiger partial charge in [0.2, 0.25) is 0 Å². The minimum atomic E-state index is -0.0358. The van der Waals surface area contributed by atoms with Crippen LogP contribution in [0.15, 0.2) is 24.7 Å². The maximum absolute atomic E-state index is 13.2. The van der Waals surface area contributed by atoms with Gasteiger partial charge in [0.25, 0.3) is 5.91 Å². The number of aromatic nitrogens is 4. The Morgan fingerprint density at radius 1 is 1.27 bits per heavy atom. The van der Waals surface area contributed by atoms with E-state index in [1.165, 1.54) is 19.3 Å². The van der Waals surface area contributed by atoms with Crippen LogP contribution in [-0.2, 0) is 11.3 Å². The van der Waals surface area contributed by atoms with Crippen molar-refractivity contribution in [2.45, 2.75) is 57.1 Å². The van der Waals surface area contributed by atoms with Gasteiger partial charge in [-0.2, -0.15) is 10.2 Å². The van der Waals surface area contributed by atoms with Crippen LogP contribution in [0.4, 0.5) is 0 Å². The predicted octanol–water partition coefficient (Wildman–Crippen LogP) is 2.59. The molecule has 2 aromatic rings. The zero-order chi connectivity index (χ0) is 17.8. The Morgan fingerprint density at radius 2 is 2.15 bits per heavy atom. The monoisotopic (exact) mass is 357 g/mol. The van der Waals surface area contributed by atoms with Gasteiger partial charge in [-0.05, 0) is 25.3 Å². The molecule has 3 heterocycles. The first kappa shape index (κ1) is 17.3. The lowest BCUT2D eigenvalue weighted by atomic mass is 9.85. The number of ether oxygens (including phenoxy) is 1. The molecule has 4 rings (SSSR count). The van der Waals surface area contributed by atoms with Gasteiger partial charge in [-0.25, -0.2) is 0 Å². The average Bonchev–Trinajstić information content (AvgIpc) is 3.31. The van der Waals surface area contributed by atoms with Crippen LogP contribution in [0.1, 0.15) is 60.5 Å². The van der Waals surface area contributed by atoms with Crippen LogP contribution in [0, 0.1) is 0 Å². The Kier molecular flexibility index (Phi) is 5.34. The van der Waals surface area contributed by atoms with E-state index in [9.17, 15) is 4.79 Å². The molecule has 1 atom stereocenters. The van der Waals surface area contributed by atoms with E-state index in [1.54, 1.807) is 12.4 Å². The Morgan fingerprint density at radius 3 is 2.96 bits per heavy atom. The van der Waals surface area contributed by atoms with Gasteiger partial charge in [0.15, 0.2) is 0 Å². The van der Waals surface area contributed by atoms with E-state index in [0.29, 0.717) is 25.6 Å². The molecule has 2 aliphatic rings. The number of amides is 1. The molecular weight excluding hydrogens is 330 g/mol. The highest BCUT2D eigenvalue weighted by Gasteiger charge is 2.29. The number of nitrogens with zero attached hydrogens (tertiary/aromatic N) is 4. The fourth-order valence-electron chi connectivity index (χ4n) is 4.15. The fourth-order valence-corrected chi connectivity index (χ4v) is 4.15.